The maximum atomic E-state index is 9.84. The fraction of sp³-hybridized carbons (Fsp3) is 0.0625. The molecule has 1 heterocycles. The molecule has 4 nitrogen and oxygen atoms in total. The molecule has 0 aliphatic heterocycles. The largest absolute Gasteiger partial charge is 0.507 e. The highest BCUT2D eigenvalue weighted by Gasteiger charge is 2.04. The molecule has 3 aromatic rings. The van der Waals surface area contributed by atoms with Crippen molar-refractivity contribution in [3.8, 4) is 11.5 Å². The lowest BCUT2D eigenvalue weighted by atomic mass is 10.1. The number of aromatic hydroxyl groups is 2. The lowest BCUT2D eigenvalue weighted by Gasteiger charge is -2.10. The number of phenolic OH excluding ortho intramolecular Hbond substituents is 1. The van der Waals surface area contributed by atoms with Crippen molar-refractivity contribution in [3.05, 3.63) is 60.4 Å². The second-order valence-electron chi connectivity index (χ2n) is 4.54. The molecule has 4 heteroatoms. The molecule has 0 amide bonds. The van der Waals surface area contributed by atoms with Crippen LogP contribution in [0, 0.1) is 0 Å². The third-order valence-corrected chi connectivity index (χ3v) is 3.17. The number of rotatable bonds is 3. The molecule has 0 aliphatic carbocycles. The lowest BCUT2D eigenvalue weighted by molar-refractivity contribution is 0.472. The van der Waals surface area contributed by atoms with Crippen molar-refractivity contribution in [2.75, 3.05) is 5.32 Å². The number of benzene rings is 2. The molecule has 0 bridgehead atoms. The molecule has 0 saturated carbocycles. The van der Waals surface area contributed by atoms with Crippen LogP contribution in [-0.2, 0) is 6.54 Å². The van der Waals surface area contributed by atoms with Crippen LogP contribution in [0.3, 0.4) is 0 Å². The Hall–Kier alpha value is -2.75. The summed E-state index contributed by atoms with van der Waals surface area (Å²) in [6, 6.07) is 14.6. The molecule has 0 atom stereocenters. The van der Waals surface area contributed by atoms with Gasteiger partial charge in [-0.15, -0.1) is 0 Å². The van der Waals surface area contributed by atoms with Crippen molar-refractivity contribution in [2.24, 2.45) is 0 Å². The number of aromatic nitrogens is 1. The van der Waals surface area contributed by atoms with Crippen LogP contribution >= 0.6 is 0 Å². The normalized spacial score (nSPS) is 10.6. The summed E-state index contributed by atoms with van der Waals surface area (Å²) in [7, 11) is 0. The second-order valence-corrected chi connectivity index (χ2v) is 4.54. The van der Waals surface area contributed by atoms with Gasteiger partial charge in [-0.2, -0.15) is 0 Å². The minimum atomic E-state index is 0.156. The maximum absolute atomic E-state index is 9.84. The highest BCUT2D eigenvalue weighted by atomic mass is 16.3. The molecule has 3 rings (SSSR count). The molecule has 0 aliphatic rings. The fourth-order valence-corrected chi connectivity index (χ4v) is 2.15. The quantitative estimate of drug-likeness (QED) is 0.680. The first-order valence-electron chi connectivity index (χ1n) is 6.32. The van der Waals surface area contributed by atoms with Gasteiger partial charge in [0.1, 0.15) is 11.5 Å². The van der Waals surface area contributed by atoms with Gasteiger partial charge in [-0.25, -0.2) is 0 Å². The van der Waals surface area contributed by atoms with Crippen LogP contribution in [0.2, 0.25) is 0 Å². The van der Waals surface area contributed by atoms with Crippen LogP contribution in [0.25, 0.3) is 10.8 Å². The van der Waals surface area contributed by atoms with E-state index in [0.29, 0.717) is 6.54 Å². The van der Waals surface area contributed by atoms with Gasteiger partial charge < -0.3 is 15.5 Å². The van der Waals surface area contributed by atoms with E-state index in [4.69, 9.17) is 0 Å². The summed E-state index contributed by atoms with van der Waals surface area (Å²) < 4.78 is 0. The van der Waals surface area contributed by atoms with Gasteiger partial charge in [0.25, 0.3) is 0 Å². The van der Waals surface area contributed by atoms with Crippen molar-refractivity contribution >= 4 is 16.5 Å². The number of phenols is 1. The van der Waals surface area contributed by atoms with Gasteiger partial charge in [0.2, 0.25) is 0 Å². The van der Waals surface area contributed by atoms with Crippen LogP contribution < -0.4 is 5.32 Å². The summed E-state index contributed by atoms with van der Waals surface area (Å²) in [5, 5.41) is 24.1. The van der Waals surface area contributed by atoms with Crippen LogP contribution in [-0.4, -0.2) is 15.2 Å². The van der Waals surface area contributed by atoms with Crippen LogP contribution in [0.4, 0.5) is 5.69 Å². The molecule has 1 aromatic heterocycles. The summed E-state index contributed by atoms with van der Waals surface area (Å²) in [6.07, 6.45) is 1.42. The Morgan fingerprint density at radius 3 is 2.50 bits per heavy atom. The Labute approximate surface area is 116 Å². The maximum Gasteiger partial charge on any atom is 0.133 e. The first-order chi connectivity index (χ1) is 9.74. The highest BCUT2D eigenvalue weighted by molar-refractivity contribution is 5.97. The fourth-order valence-electron chi connectivity index (χ4n) is 2.15. The average molecular weight is 266 g/mol. The summed E-state index contributed by atoms with van der Waals surface area (Å²) in [4.78, 5) is 4.13. The number of pyridine rings is 1. The number of hydrogen-bond donors (Lipinski definition) is 3. The number of fused-ring (bicyclic) bond motifs is 1. The number of hydrogen-bond acceptors (Lipinski definition) is 4. The Bertz CT molecular complexity index is 739. The summed E-state index contributed by atoms with van der Waals surface area (Å²) in [5.74, 6) is 0.428. The average Bonchev–Trinajstić information content (AvgIpc) is 2.47. The standard InChI is InChI=1S/C16H14N2O2/c19-12-8-7-11(17-10-12)9-18-15-5-1-4-14-13(15)3-2-6-16(14)20/h1-8,10,18-20H,9H2. The zero-order valence-electron chi connectivity index (χ0n) is 10.7. The molecule has 2 aromatic carbocycles. The molecule has 0 fully saturated rings. The van der Waals surface area contributed by atoms with E-state index in [1.165, 1.54) is 6.20 Å². The minimum Gasteiger partial charge on any atom is -0.507 e. The number of nitrogens with one attached hydrogen (secondary N) is 1. The van der Waals surface area contributed by atoms with E-state index in [-0.39, 0.29) is 11.5 Å². The molecule has 0 spiro atoms. The van der Waals surface area contributed by atoms with Gasteiger partial charge in [-0.05, 0) is 24.3 Å². The number of nitrogens with zero attached hydrogens (tertiary/aromatic N) is 1. The molecule has 0 unspecified atom stereocenters. The van der Waals surface area contributed by atoms with Crippen molar-refractivity contribution < 1.29 is 10.2 Å². The van der Waals surface area contributed by atoms with E-state index in [1.807, 2.05) is 30.3 Å². The van der Waals surface area contributed by atoms with Gasteiger partial charge in [0, 0.05) is 16.5 Å². The van der Waals surface area contributed by atoms with Gasteiger partial charge in [-0.3, -0.25) is 4.98 Å². The van der Waals surface area contributed by atoms with E-state index in [2.05, 4.69) is 10.3 Å². The SMILES string of the molecule is Oc1ccc(CNc2cccc3c(O)cccc23)nc1. The third kappa shape index (κ3) is 2.36. The monoisotopic (exact) mass is 266 g/mol. The van der Waals surface area contributed by atoms with E-state index in [1.54, 1.807) is 18.2 Å². The van der Waals surface area contributed by atoms with Crippen LogP contribution in [0.15, 0.2) is 54.7 Å². The Morgan fingerprint density at radius 1 is 0.900 bits per heavy atom. The van der Waals surface area contributed by atoms with Crippen molar-refractivity contribution in [1.29, 1.82) is 0 Å². The van der Waals surface area contributed by atoms with Gasteiger partial charge in [-0.1, -0.05) is 24.3 Å². The first kappa shape index (κ1) is 12.3. The molecular weight excluding hydrogens is 252 g/mol. The first-order valence-corrected chi connectivity index (χ1v) is 6.32. The van der Waals surface area contributed by atoms with E-state index in [9.17, 15) is 10.2 Å². The van der Waals surface area contributed by atoms with Gasteiger partial charge in [0.05, 0.1) is 18.4 Å². The lowest BCUT2D eigenvalue weighted by Crippen LogP contribution is -2.01. The number of anilines is 1. The predicted molar refractivity (Wildman–Crippen MR) is 78.8 cm³/mol. The third-order valence-electron chi connectivity index (χ3n) is 3.17. The molecule has 3 N–H and O–H groups in total. The topological polar surface area (TPSA) is 65.4 Å². The summed E-state index contributed by atoms with van der Waals surface area (Å²) in [6.45, 7) is 0.551. The van der Waals surface area contributed by atoms with E-state index in [0.717, 1.165) is 22.2 Å². The van der Waals surface area contributed by atoms with E-state index < -0.39 is 0 Å². The van der Waals surface area contributed by atoms with Gasteiger partial charge in [0.15, 0.2) is 0 Å². The van der Waals surface area contributed by atoms with E-state index >= 15 is 0 Å². The summed E-state index contributed by atoms with van der Waals surface area (Å²) in [5.41, 5.74) is 1.77. The smallest absolute Gasteiger partial charge is 0.133 e. The second kappa shape index (κ2) is 5.09. The molecule has 0 saturated heterocycles. The van der Waals surface area contributed by atoms with Crippen molar-refractivity contribution in [3.63, 3.8) is 0 Å². The molecule has 0 radical (unpaired) electrons. The van der Waals surface area contributed by atoms with Crippen LogP contribution in [0.5, 0.6) is 11.5 Å². The Kier molecular flexibility index (Phi) is 3.13. The zero-order valence-corrected chi connectivity index (χ0v) is 10.7. The Balaban J connectivity index is 1.88. The zero-order chi connectivity index (χ0) is 13.9. The molecular formula is C16H14N2O2. The highest BCUT2D eigenvalue weighted by Crippen LogP contribution is 2.29. The minimum absolute atomic E-state index is 0.156. The van der Waals surface area contributed by atoms with Crippen molar-refractivity contribution in [2.45, 2.75) is 6.54 Å². The molecule has 100 valence electrons. The van der Waals surface area contributed by atoms with Crippen molar-refractivity contribution in [1.82, 2.24) is 4.98 Å². The Morgan fingerprint density at radius 2 is 1.70 bits per heavy atom. The van der Waals surface area contributed by atoms with Crippen LogP contribution in [0.1, 0.15) is 5.69 Å². The summed E-state index contributed by atoms with van der Waals surface area (Å²) >= 11 is 0. The predicted octanol–water partition coefficient (Wildman–Crippen LogP) is 3.26. The molecule has 20 heavy (non-hydrogen) atoms. The van der Waals surface area contributed by atoms with Gasteiger partial charge >= 0.3 is 0 Å².